The van der Waals surface area contributed by atoms with Gasteiger partial charge in [-0.1, -0.05) is 130 Å². The quantitative estimate of drug-likeness (QED) is 0.131. The molecule has 0 bridgehead atoms. The molecule has 0 aliphatic rings. The summed E-state index contributed by atoms with van der Waals surface area (Å²) in [5.74, 6) is 1.20. The maximum absolute atomic E-state index is 6.57. The van der Waals surface area contributed by atoms with Crippen LogP contribution in [0.3, 0.4) is 0 Å². The monoisotopic (exact) mass is 837 g/mol. The third-order valence-electron chi connectivity index (χ3n) is 9.86. The summed E-state index contributed by atoms with van der Waals surface area (Å²) in [5.41, 5.74) is 11.8. The zero-order valence-electron chi connectivity index (χ0n) is 28.1. The van der Waals surface area contributed by atoms with Crippen molar-refractivity contribution in [3.05, 3.63) is 156 Å². The first kappa shape index (κ1) is 31.2. The molecule has 0 saturated heterocycles. The maximum atomic E-state index is 6.57. The summed E-state index contributed by atoms with van der Waals surface area (Å²) in [7, 11) is 0. The number of benzene rings is 6. The molecule has 4 heterocycles. The average Bonchev–Trinajstić information content (AvgIpc) is 3.78. The zero-order chi connectivity index (χ0) is 33.5. The van der Waals surface area contributed by atoms with Crippen molar-refractivity contribution >= 4 is 54.6 Å². The number of hydrogen-bond donors (Lipinski definition) is 0. The number of hydrogen-bond acceptors (Lipinski definition) is 3. The number of aromatic nitrogens is 4. The number of nitrogens with zero attached hydrogens (tertiary/aromatic N) is 4. The minimum absolute atomic E-state index is 0. The number of fused-ring (bicyclic) bond motifs is 12. The molecule has 0 fully saturated rings. The Morgan fingerprint density at radius 1 is 0.608 bits per heavy atom. The Balaban J connectivity index is 0.00000348. The molecule has 246 valence electrons. The van der Waals surface area contributed by atoms with Gasteiger partial charge in [0.25, 0.3) is 0 Å². The number of rotatable bonds is 4. The Hall–Kier alpha value is -5.77. The van der Waals surface area contributed by atoms with Gasteiger partial charge in [-0.3, -0.25) is 9.97 Å². The van der Waals surface area contributed by atoms with Gasteiger partial charge in [0.1, 0.15) is 0 Å². The molecule has 10 rings (SSSR count). The smallest absolute Gasteiger partial charge is 0.497 e. The number of aryl methyl sites for hydroxylation is 3. The van der Waals surface area contributed by atoms with Crippen LogP contribution >= 0.6 is 0 Å². The van der Waals surface area contributed by atoms with Crippen molar-refractivity contribution in [2.75, 3.05) is 0 Å². The molecular formula is C45H30N4OPt. The van der Waals surface area contributed by atoms with Crippen LogP contribution in [0.1, 0.15) is 16.7 Å². The Morgan fingerprint density at radius 3 is 1.88 bits per heavy atom. The van der Waals surface area contributed by atoms with E-state index >= 15 is 0 Å². The SMILES string of the molecule is Cc1cc(C)c(-c2cn3c4ccccc4c4ccc(Oc5[c-]c6c(cc5)c5ccccc5n5c(-c7ccccc7)cnc65)[c-]c4c3n2)c(C)c1.[Pt+2]. The van der Waals surface area contributed by atoms with Gasteiger partial charge >= 0.3 is 21.1 Å². The Bertz CT molecular complexity index is 2970. The standard InChI is InChI=1S/C45H30N4O.Pt/c1-27-21-28(2)43(29(3)22-27)39-26-48-40-15-9-7-13-35(40)33-19-17-32(24-38(33)45(48)47-39)50-31-18-20-34-36-14-8-10-16-41(36)49-42(30-11-5-4-6-12-30)25-46-44(49)37(34)23-31;/h4-22,25-26H,1-3H3;/q-2;+2. The first-order chi connectivity index (χ1) is 24.5. The third-order valence-corrected chi connectivity index (χ3v) is 9.86. The van der Waals surface area contributed by atoms with E-state index in [2.05, 4.69) is 145 Å². The van der Waals surface area contributed by atoms with E-state index in [1.165, 1.54) is 22.3 Å². The molecule has 0 unspecified atom stereocenters. The van der Waals surface area contributed by atoms with E-state index in [0.717, 1.165) is 71.6 Å². The molecule has 0 aliphatic carbocycles. The summed E-state index contributed by atoms with van der Waals surface area (Å²) < 4.78 is 11.0. The van der Waals surface area contributed by atoms with Crippen LogP contribution in [0.2, 0.25) is 0 Å². The van der Waals surface area contributed by atoms with Crippen LogP contribution in [0.25, 0.3) is 77.2 Å². The van der Waals surface area contributed by atoms with Crippen molar-refractivity contribution in [2.24, 2.45) is 0 Å². The molecule has 0 saturated carbocycles. The van der Waals surface area contributed by atoms with Crippen LogP contribution in [0, 0.1) is 32.9 Å². The van der Waals surface area contributed by atoms with Gasteiger partial charge in [0.15, 0.2) is 0 Å². The third kappa shape index (κ3) is 4.87. The summed E-state index contributed by atoms with van der Waals surface area (Å²) in [4.78, 5) is 10.2. The van der Waals surface area contributed by atoms with Crippen molar-refractivity contribution in [1.82, 2.24) is 18.8 Å². The van der Waals surface area contributed by atoms with Crippen LogP contribution in [0.15, 0.2) is 128 Å². The Morgan fingerprint density at radius 2 is 1.20 bits per heavy atom. The molecule has 6 heteroatoms. The summed E-state index contributed by atoms with van der Waals surface area (Å²) in [6.45, 7) is 6.46. The van der Waals surface area contributed by atoms with E-state index in [-0.39, 0.29) is 21.1 Å². The molecule has 0 radical (unpaired) electrons. The molecule has 0 atom stereocenters. The fourth-order valence-electron chi connectivity index (χ4n) is 7.83. The van der Waals surface area contributed by atoms with Gasteiger partial charge in [-0.05, 0) is 60.4 Å². The van der Waals surface area contributed by atoms with E-state index in [4.69, 9.17) is 14.7 Å². The first-order valence-corrected chi connectivity index (χ1v) is 16.8. The molecule has 0 spiro atoms. The average molecular weight is 838 g/mol. The largest absolute Gasteiger partial charge is 2.00 e. The van der Waals surface area contributed by atoms with E-state index in [9.17, 15) is 0 Å². The second-order valence-corrected chi connectivity index (χ2v) is 13.1. The van der Waals surface area contributed by atoms with Gasteiger partial charge < -0.3 is 13.5 Å². The number of para-hydroxylation sites is 2. The predicted octanol–water partition coefficient (Wildman–Crippen LogP) is 11.2. The van der Waals surface area contributed by atoms with Gasteiger partial charge in [0.2, 0.25) is 0 Å². The fraction of sp³-hybridized carbons (Fsp3) is 0.0667. The topological polar surface area (TPSA) is 43.8 Å². The van der Waals surface area contributed by atoms with Crippen LogP contribution in [0.4, 0.5) is 0 Å². The molecule has 5 nitrogen and oxygen atoms in total. The second kappa shape index (κ2) is 11.9. The second-order valence-electron chi connectivity index (χ2n) is 13.1. The minimum Gasteiger partial charge on any atom is -0.497 e. The number of ether oxygens (including phenoxy) is 1. The van der Waals surface area contributed by atoms with Crippen LogP contribution in [0.5, 0.6) is 11.5 Å². The van der Waals surface area contributed by atoms with E-state index in [1.807, 2.05) is 24.4 Å². The molecule has 0 N–H and O–H groups in total. The molecule has 4 aromatic heterocycles. The molecule has 51 heavy (non-hydrogen) atoms. The van der Waals surface area contributed by atoms with Gasteiger partial charge in [-0.15, -0.1) is 12.1 Å². The molecular weight excluding hydrogens is 808 g/mol. The summed E-state index contributed by atoms with van der Waals surface area (Å²) in [6.07, 6.45) is 4.10. The van der Waals surface area contributed by atoms with Gasteiger partial charge in [-0.2, -0.15) is 0 Å². The first-order valence-electron chi connectivity index (χ1n) is 16.8. The van der Waals surface area contributed by atoms with E-state index < -0.39 is 0 Å². The van der Waals surface area contributed by atoms with E-state index in [1.54, 1.807) is 0 Å². The zero-order valence-corrected chi connectivity index (χ0v) is 30.4. The van der Waals surface area contributed by atoms with Crippen molar-refractivity contribution in [3.8, 4) is 34.0 Å². The van der Waals surface area contributed by atoms with Gasteiger partial charge in [-0.25, -0.2) is 0 Å². The molecule has 0 aliphatic heterocycles. The van der Waals surface area contributed by atoms with Crippen molar-refractivity contribution in [3.63, 3.8) is 0 Å². The summed E-state index contributed by atoms with van der Waals surface area (Å²) in [6, 6.07) is 47.2. The maximum Gasteiger partial charge on any atom is 2.00 e. The number of imidazole rings is 2. The number of pyridine rings is 2. The van der Waals surface area contributed by atoms with Crippen LogP contribution in [-0.4, -0.2) is 18.8 Å². The molecule has 0 amide bonds. The normalized spacial score (nSPS) is 11.7. The molecule has 6 aromatic carbocycles. The Labute approximate surface area is 309 Å². The van der Waals surface area contributed by atoms with Gasteiger partial charge in [0.05, 0.1) is 22.7 Å². The van der Waals surface area contributed by atoms with Crippen molar-refractivity contribution in [2.45, 2.75) is 20.8 Å². The van der Waals surface area contributed by atoms with Crippen LogP contribution in [-0.2, 0) is 21.1 Å². The molecule has 10 aromatic rings. The van der Waals surface area contributed by atoms with Crippen molar-refractivity contribution in [1.29, 1.82) is 0 Å². The minimum atomic E-state index is 0. The summed E-state index contributed by atoms with van der Waals surface area (Å²) in [5, 5.41) is 6.24. The van der Waals surface area contributed by atoms with Crippen LogP contribution < -0.4 is 4.74 Å². The fourth-order valence-corrected chi connectivity index (χ4v) is 7.83. The van der Waals surface area contributed by atoms with Crippen molar-refractivity contribution < 1.29 is 25.8 Å². The predicted molar refractivity (Wildman–Crippen MR) is 203 cm³/mol. The Kier molecular flexibility index (Phi) is 7.31. The van der Waals surface area contributed by atoms with Gasteiger partial charge in [0, 0.05) is 40.5 Å². The van der Waals surface area contributed by atoms with E-state index in [0.29, 0.717) is 11.5 Å². The summed E-state index contributed by atoms with van der Waals surface area (Å²) >= 11 is 0.